The molecule has 35 atom stereocenters. The lowest BCUT2D eigenvalue weighted by atomic mass is 9.94. The third-order valence-electron chi connectivity index (χ3n) is 15.3. The predicted octanol–water partition coefficient (Wildman–Crippen LogP) is -15.0. The first kappa shape index (κ1) is 68.1. The van der Waals surface area contributed by atoms with Gasteiger partial charge in [0.25, 0.3) is 0 Å². The molecule has 0 spiro atoms. The second-order valence-electron chi connectivity index (χ2n) is 21.1. The second kappa shape index (κ2) is 29.3. The highest BCUT2D eigenvalue weighted by Gasteiger charge is 2.59. The highest BCUT2D eigenvalue weighted by molar-refractivity contribution is 5.73. The van der Waals surface area contributed by atoms with Gasteiger partial charge in [0.1, 0.15) is 165 Å². The van der Waals surface area contributed by atoms with E-state index in [0.717, 1.165) is 13.8 Å². The highest BCUT2D eigenvalue weighted by atomic mass is 16.8. The largest absolute Gasteiger partial charge is 0.394 e. The van der Waals surface area contributed by atoms with Gasteiger partial charge in [-0.05, 0) is 6.92 Å². The van der Waals surface area contributed by atoms with E-state index in [-0.39, 0.29) is 0 Å². The number of carbonyl (C=O) groups is 2. The molecule has 7 saturated heterocycles. The first-order valence-corrected chi connectivity index (χ1v) is 26.5. The topological polar surface area (TPSA) is 583 Å². The van der Waals surface area contributed by atoms with Crippen LogP contribution in [0.1, 0.15) is 20.8 Å². The van der Waals surface area contributed by atoms with E-state index in [0.29, 0.717) is 0 Å². The van der Waals surface area contributed by atoms with E-state index >= 15 is 0 Å². The number of hydrogen-bond acceptors (Lipinski definition) is 35. The van der Waals surface area contributed by atoms with Crippen LogP contribution in [0.5, 0.6) is 0 Å². The molecule has 0 radical (unpaired) electrons. The predicted molar refractivity (Wildman–Crippen MR) is 254 cm³/mol. The van der Waals surface area contributed by atoms with Crippen LogP contribution in [0.15, 0.2) is 0 Å². The van der Waals surface area contributed by atoms with Crippen LogP contribution < -0.4 is 10.6 Å². The molecular formula is C46H78N2O35. The van der Waals surface area contributed by atoms with E-state index in [1.807, 2.05) is 0 Å². The van der Waals surface area contributed by atoms with Crippen molar-refractivity contribution < 1.29 is 173 Å². The minimum absolute atomic E-state index is 0.886. The molecule has 7 fully saturated rings. The Morgan fingerprint density at radius 3 is 1.23 bits per heavy atom. The molecule has 2 amide bonds. The molecule has 22 N–H and O–H groups in total. The van der Waals surface area contributed by atoms with Crippen molar-refractivity contribution in [1.29, 1.82) is 0 Å². The van der Waals surface area contributed by atoms with Gasteiger partial charge in [-0.15, -0.1) is 0 Å². The van der Waals surface area contributed by atoms with Crippen molar-refractivity contribution in [1.82, 2.24) is 10.6 Å². The van der Waals surface area contributed by atoms with Crippen LogP contribution in [0.25, 0.3) is 0 Å². The molecule has 7 aliphatic rings. The van der Waals surface area contributed by atoms with Gasteiger partial charge in [-0.25, -0.2) is 0 Å². The molecule has 37 nitrogen and oxygen atoms in total. The first-order valence-electron chi connectivity index (χ1n) is 26.5. The lowest BCUT2D eigenvalue weighted by molar-refractivity contribution is -0.387. The van der Waals surface area contributed by atoms with Gasteiger partial charge in [0.15, 0.2) is 44.0 Å². The lowest BCUT2D eigenvalue weighted by Gasteiger charge is -2.51. The van der Waals surface area contributed by atoms with E-state index in [2.05, 4.69) is 10.6 Å². The Bertz CT molecular complexity index is 2040. The summed E-state index contributed by atoms with van der Waals surface area (Å²) >= 11 is 0. The Morgan fingerprint density at radius 2 is 0.711 bits per heavy atom. The van der Waals surface area contributed by atoms with E-state index in [4.69, 9.17) is 61.6 Å². The number of hydrogen-bond donors (Lipinski definition) is 22. The van der Waals surface area contributed by atoms with Crippen LogP contribution in [0.3, 0.4) is 0 Å². The minimum Gasteiger partial charge on any atom is -0.394 e. The lowest BCUT2D eigenvalue weighted by Crippen LogP contribution is -2.70. The number of amides is 2. The summed E-state index contributed by atoms with van der Waals surface area (Å²) in [5.41, 5.74) is 0. The van der Waals surface area contributed by atoms with Crippen LogP contribution in [0, 0.1) is 0 Å². The summed E-state index contributed by atoms with van der Waals surface area (Å²) in [7, 11) is 0. The van der Waals surface area contributed by atoms with Gasteiger partial charge in [0.2, 0.25) is 11.8 Å². The highest BCUT2D eigenvalue weighted by Crippen LogP contribution is 2.38. The molecule has 7 rings (SSSR count). The summed E-state index contributed by atoms with van der Waals surface area (Å²) in [5.74, 6) is -1.78. The van der Waals surface area contributed by atoms with Crippen LogP contribution >= 0.6 is 0 Å². The number of aliphatic hydroxyl groups excluding tert-OH is 20. The van der Waals surface area contributed by atoms with Crippen molar-refractivity contribution in [3.05, 3.63) is 0 Å². The van der Waals surface area contributed by atoms with Gasteiger partial charge in [-0.1, -0.05) is 0 Å². The molecule has 37 heteroatoms. The normalized spacial score (nSPS) is 50.8. The third kappa shape index (κ3) is 14.7. The van der Waals surface area contributed by atoms with Gasteiger partial charge in [-0.2, -0.15) is 0 Å². The zero-order valence-electron chi connectivity index (χ0n) is 44.5. The van der Waals surface area contributed by atoms with E-state index in [1.165, 1.54) is 6.92 Å². The Labute approximate surface area is 470 Å². The average molecular weight is 1220 g/mol. The molecule has 83 heavy (non-hydrogen) atoms. The fourth-order valence-electron chi connectivity index (χ4n) is 10.6. The molecule has 0 aromatic rings. The molecular weight excluding hydrogens is 1140 g/mol. The maximum absolute atomic E-state index is 13.1. The van der Waals surface area contributed by atoms with Gasteiger partial charge >= 0.3 is 0 Å². The SMILES string of the molecule is CC(=O)N[C@H]1[C@H](OC[C@H]2O[C@@H](O[C@H]3[C@H](O)[C@@H](O)[C@H](O)O[C@@H]3CO)[C@H](O)[C@@H](O[C@@H]3O[C@H](CO)[C@@H](O)[C@H](O[C@@H]4O[C@H](CO)[C@H](O)[C@H](O)[C@H]4O)[C@H]3NC(C)=O)[C@H]2O)O[C@H](CO)[C@@H](O[C@@H]2O[C@H](CO)[C@H](O)[C@H](O)[C@H]2O)[C@@H]1O[C@H]1O[C@H](C)[C@H](O)[C@H](O)[C@H]1O. The summed E-state index contributed by atoms with van der Waals surface area (Å²) in [5, 5.41) is 220. The monoisotopic (exact) mass is 1220 g/mol. The number of ether oxygens (including phenoxy) is 13. The van der Waals surface area contributed by atoms with E-state index in [9.17, 15) is 112 Å². The fourth-order valence-corrected chi connectivity index (χ4v) is 10.6. The molecule has 482 valence electrons. The summed E-state index contributed by atoms with van der Waals surface area (Å²) in [6, 6.07) is -3.63. The molecule has 0 bridgehead atoms. The van der Waals surface area contributed by atoms with Crippen LogP contribution in [0.2, 0.25) is 0 Å². The molecule has 0 unspecified atom stereocenters. The van der Waals surface area contributed by atoms with Crippen molar-refractivity contribution in [2.75, 3.05) is 39.6 Å². The molecule has 7 aliphatic heterocycles. The number of carbonyl (C=O) groups excluding carboxylic acids is 2. The fraction of sp³-hybridized carbons (Fsp3) is 0.957. The third-order valence-corrected chi connectivity index (χ3v) is 15.3. The summed E-state index contributed by atoms with van der Waals surface area (Å²) in [6.07, 6.45) is -64.2. The summed E-state index contributed by atoms with van der Waals surface area (Å²) in [4.78, 5) is 25.9. The van der Waals surface area contributed by atoms with Gasteiger partial charge in [0.05, 0.1) is 45.7 Å². The first-order chi connectivity index (χ1) is 39.2. The zero-order valence-corrected chi connectivity index (χ0v) is 44.5. The number of rotatable bonds is 20. The Hall–Kier alpha value is -2.38. The van der Waals surface area contributed by atoms with Gasteiger partial charge < -0.3 is 174 Å². The minimum atomic E-state index is -2.34. The second-order valence-corrected chi connectivity index (χ2v) is 21.1. The van der Waals surface area contributed by atoms with Crippen LogP contribution in [-0.2, 0) is 71.2 Å². The van der Waals surface area contributed by atoms with Gasteiger partial charge in [-0.3, -0.25) is 9.59 Å². The standard InChI is InChI=1S/C46H78N2O35/c1-10-21(56)26(61)31(66)43(72-10)82-38-20(48-12(3)55)41(77-17(8-53)36(38)80-44-32(67)27(62)22(57)13(4-49)75-44)71-9-18-25(60)39(34(69)46(78-18)79-35-16(7-52)73-40(70)30(65)29(35)64)83-42-19(47-11(2)54)37(24(59)15(6-51)74-42)81-45-33(68)28(63)23(58)14(5-50)76-45/h10,13-46,49-53,56-70H,4-9H2,1-3H3,(H,47,54)(H,48,55)/t10-,13-,14-,15-,16-,17-,18-,19-,20-,21+,22+,23+,24-,25+,26+,27+,28+,29-,30-,31-,32-,33-,34-,35-,36-,37-,38-,39+,40-,41-,42+,43-,44+,45+,46+/m1/s1. The van der Waals surface area contributed by atoms with Crippen molar-refractivity contribution in [2.24, 2.45) is 0 Å². The maximum atomic E-state index is 13.1. The Balaban J connectivity index is 1.24. The van der Waals surface area contributed by atoms with E-state index < -0.39 is 266 Å². The van der Waals surface area contributed by atoms with Crippen LogP contribution in [-0.4, -0.2) is 368 Å². The molecule has 0 aromatic heterocycles. The van der Waals surface area contributed by atoms with Gasteiger partial charge in [0, 0.05) is 13.8 Å². The smallest absolute Gasteiger partial charge is 0.217 e. The zero-order chi connectivity index (χ0) is 61.2. The van der Waals surface area contributed by atoms with Crippen molar-refractivity contribution >= 4 is 11.8 Å². The summed E-state index contributed by atoms with van der Waals surface area (Å²) < 4.78 is 76.1. The van der Waals surface area contributed by atoms with Crippen molar-refractivity contribution in [3.63, 3.8) is 0 Å². The quantitative estimate of drug-likeness (QED) is 0.0538. The number of nitrogens with one attached hydrogen (secondary N) is 2. The number of aliphatic hydroxyl groups is 20. The Kier molecular flexibility index (Phi) is 24.0. The maximum Gasteiger partial charge on any atom is 0.217 e. The Morgan fingerprint density at radius 1 is 0.337 bits per heavy atom. The average Bonchev–Trinajstić information content (AvgIpc) is 3.58. The molecule has 0 saturated carbocycles. The van der Waals surface area contributed by atoms with Crippen molar-refractivity contribution in [2.45, 2.75) is 236 Å². The van der Waals surface area contributed by atoms with Crippen LogP contribution in [0.4, 0.5) is 0 Å². The summed E-state index contributed by atoms with van der Waals surface area (Å²) in [6.45, 7) is -2.78. The molecule has 7 heterocycles. The molecule has 0 aliphatic carbocycles. The van der Waals surface area contributed by atoms with E-state index in [1.54, 1.807) is 0 Å². The van der Waals surface area contributed by atoms with Crippen molar-refractivity contribution in [3.8, 4) is 0 Å². The molecule has 0 aromatic carbocycles.